The number of thioether (sulfide) groups is 1. The number of aryl methyl sites for hydroxylation is 1. The molecule has 0 spiro atoms. The van der Waals surface area contributed by atoms with Gasteiger partial charge in [-0.25, -0.2) is 0 Å². The number of carboxylic acids is 1. The molecule has 0 aromatic heterocycles. The van der Waals surface area contributed by atoms with E-state index in [0.29, 0.717) is 0 Å². The van der Waals surface area contributed by atoms with Gasteiger partial charge in [0, 0.05) is 5.54 Å². The van der Waals surface area contributed by atoms with Crippen molar-refractivity contribution in [2.75, 3.05) is 11.5 Å². The zero-order chi connectivity index (χ0) is 15.0. The molecule has 0 fully saturated rings. The van der Waals surface area contributed by atoms with Gasteiger partial charge in [-0.1, -0.05) is 30.3 Å². The topological polar surface area (TPSA) is 66.4 Å². The molecule has 1 rings (SSSR count). The molecule has 0 atom stereocenters. The maximum atomic E-state index is 11.7. The Hall–Kier alpha value is -1.49. The van der Waals surface area contributed by atoms with Gasteiger partial charge in [-0.05, 0) is 32.3 Å². The largest absolute Gasteiger partial charge is 0.481 e. The van der Waals surface area contributed by atoms with Gasteiger partial charge in [0.25, 0.3) is 0 Å². The highest BCUT2D eigenvalue weighted by Gasteiger charge is 2.20. The first-order valence-electron chi connectivity index (χ1n) is 6.53. The number of amides is 1. The Morgan fingerprint density at radius 3 is 2.45 bits per heavy atom. The normalized spacial score (nSPS) is 11.1. The van der Waals surface area contributed by atoms with E-state index in [4.69, 9.17) is 5.11 Å². The van der Waals surface area contributed by atoms with E-state index in [1.165, 1.54) is 5.56 Å². The van der Waals surface area contributed by atoms with Crippen molar-refractivity contribution in [3.8, 4) is 0 Å². The number of hydrogen-bond acceptors (Lipinski definition) is 3. The Labute approximate surface area is 124 Å². The average Bonchev–Trinajstić information content (AvgIpc) is 2.37. The van der Waals surface area contributed by atoms with Gasteiger partial charge in [0.2, 0.25) is 5.91 Å². The highest BCUT2D eigenvalue weighted by atomic mass is 32.2. The molecule has 110 valence electrons. The molecule has 0 heterocycles. The number of carboxylic acid groups (broad SMARTS) is 1. The van der Waals surface area contributed by atoms with Crippen molar-refractivity contribution in [1.82, 2.24) is 5.32 Å². The van der Waals surface area contributed by atoms with Gasteiger partial charge in [0.15, 0.2) is 0 Å². The van der Waals surface area contributed by atoms with Crippen molar-refractivity contribution in [3.05, 3.63) is 35.9 Å². The van der Waals surface area contributed by atoms with E-state index in [9.17, 15) is 9.59 Å². The van der Waals surface area contributed by atoms with Gasteiger partial charge in [0.1, 0.15) is 0 Å². The van der Waals surface area contributed by atoms with Crippen LogP contribution in [0.25, 0.3) is 0 Å². The number of benzene rings is 1. The van der Waals surface area contributed by atoms with Gasteiger partial charge < -0.3 is 10.4 Å². The first-order valence-corrected chi connectivity index (χ1v) is 7.69. The van der Waals surface area contributed by atoms with Crippen LogP contribution < -0.4 is 5.32 Å². The molecular formula is C15H21NO3S. The van der Waals surface area contributed by atoms with Gasteiger partial charge in [-0.3, -0.25) is 9.59 Å². The maximum absolute atomic E-state index is 11.7. The van der Waals surface area contributed by atoms with Gasteiger partial charge in [-0.15, -0.1) is 11.8 Å². The lowest BCUT2D eigenvalue weighted by molar-refractivity contribution is -0.133. The molecule has 5 heteroatoms. The lowest BCUT2D eigenvalue weighted by Gasteiger charge is -2.26. The first-order chi connectivity index (χ1) is 9.39. The second-order valence-electron chi connectivity index (χ2n) is 5.30. The third kappa shape index (κ3) is 7.19. The highest BCUT2D eigenvalue weighted by molar-refractivity contribution is 8.00. The molecular weight excluding hydrogens is 274 g/mol. The van der Waals surface area contributed by atoms with E-state index in [-0.39, 0.29) is 23.0 Å². The van der Waals surface area contributed by atoms with Crippen molar-refractivity contribution in [3.63, 3.8) is 0 Å². The molecule has 0 aliphatic rings. The quantitative estimate of drug-likeness (QED) is 0.772. The van der Waals surface area contributed by atoms with E-state index in [1.807, 2.05) is 32.0 Å². The molecule has 0 aliphatic heterocycles. The van der Waals surface area contributed by atoms with Gasteiger partial charge >= 0.3 is 5.97 Å². The third-order valence-electron chi connectivity index (χ3n) is 2.82. The number of aliphatic carboxylic acids is 1. The third-order valence-corrected chi connectivity index (χ3v) is 3.74. The molecule has 0 radical (unpaired) electrons. The summed E-state index contributed by atoms with van der Waals surface area (Å²) in [5.74, 6) is -0.876. The Morgan fingerprint density at radius 2 is 1.85 bits per heavy atom. The summed E-state index contributed by atoms with van der Waals surface area (Å²) in [4.78, 5) is 22.1. The standard InChI is InChI=1S/C15H21NO3S/c1-15(2,9-8-12-6-4-3-5-7-12)16-13(17)10-20-11-14(18)19/h3-7H,8-11H2,1-2H3,(H,16,17)(H,18,19). The van der Waals surface area contributed by atoms with Crippen molar-refractivity contribution in [2.24, 2.45) is 0 Å². The molecule has 0 aliphatic carbocycles. The SMILES string of the molecule is CC(C)(CCc1ccccc1)NC(=O)CSCC(=O)O. The van der Waals surface area contributed by atoms with Crippen LogP contribution in [0.15, 0.2) is 30.3 Å². The van der Waals surface area contributed by atoms with Crippen molar-refractivity contribution in [2.45, 2.75) is 32.2 Å². The molecule has 1 amide bonds. The van der Waals surface area contributed by atoms with Gasteiger partial charge in [0.05, 0.1) is 11.5 Å². The minimum absolute atomic E-state index is 0.0438. The zero-order valence-corrected chi connectivity index (χ0v) is 12.7. The smallest absolute Gasteiger partial charge is 0.313 e. The number of hydrogen-bond donors (Lipinski definition) is 2. The summed E-state index contributed by atoms with van der Waals surface area (Å²) in [7, 11) is 0. The molecule has 1 aromatic carbocycles. The lowest BCUT2D eigenvalue weighted by Crippen LogP contribution is -2.44. The van der Waals surface area contributed by atoms with E-state index in [2.05, 4.69) is 17.4 Å². The van der Waals surface area contributed by atoms with Crippen LogP contribution in [-0.2, 0) is 16.0 Å². The molecule has 20 heavy (non-hydrogen) atoms. The van der Waals surface area contributed by atoms with Crippen LogP contribution in [0.3, 0.4) is 0 Å². The summed E-state index contributed by atoms with van der Waals surface area (Å²) in [5, 5.41) is 11.5. The Kier molecular flexibility index (Phi) is 6.58. The fraction of sp³-hybridized carbons (Fsp3) is 0.467. The second kappa shape index (κ2) is 7.94. The van der Waals surface area contributed by atoms with Crippen LogP contribution in [-0.4, -0.2) is 34.0 Å². The summed E-state index contributed by atoms with van der Waals surface area (Å²) in [5.41, 5.74) is 0.951. The lowest BCUT2D eigenvalue weighted by atomic mass is 9.95. The molecule has 4 nitrogen and oxygen atoms in total. The van der Waals surface area contributed by atoms with Crippen LogP contribution in [0.5, 0.6) is 0 Å². The van der Waals surface area contributed by atoms with Crippen molar-refractivity contribution in [1.29, 1.82) is 0 Å². The van der Waals surface area contributed by atoms with Crippen LogP contribution >= 0.6 is 11.8 Å². The van der Waals surface area contributed by atoms with Crippen molar-refractivity contribution < 1.29 is 14.7 Å². The first kappa shape index (κ1) is 16.6. The number of carbonyl (C=O) groups excluding carboxylic acids is 1. The molecule has 1 aromatic rings. The molecule has 0 saturated carbocycles. The summed E-state index contributed by atoms with van der Waals surface area (Å²) >= 11 is 1.11. The fourth-order valence-corrected chi connectivity index (χ4v) is 2.34. The van der Waals surface area contributed by atoms with E-state index >= 15 is 0 Å². The van der Waals surface area contributed by atoms with Crippen molar-refractivity contribution >= 4 is 23.6 Å². The Balaban J connectivity index is 2.33. The monoisotopic (exact) mass is 295 g/mol. The molecule has 0 saturated heterocycles. The summed E-state index contributed by atoms with van der Waals surface area (Å²) < 4.78 is 0. The summed E-state index contributed by atoms with van der Waals surface area (Å²) in [6.45, 7) is 3.96. The van der Waals surface area contributed by atoms with E-state index < -0.39 is 5.97 Å². The van der Waals surface area contributed by atoms with E-state index in [1.54, 1.807) is 0 Å². The minimum atomic E-state index is -0.897. The molecule has 2 N–H and O–H groups in total. The van der Waals surface area contributed by atoms with Gasteiger partial charge in [-0.2, -0.15) is 0 Å². The summed E-state index contributed by atoms with van der Waals surface area (Å²) in [6, 6.07) is 10.1. The van der Waals surface area contributed by atoms with Crippen LogP contribution in [0.2, 0.25) is 0 Å². The summed E-state index contributed by atoms with van der Waals surface area (Å²) in [6.07, 6.45) is 1.74. The number of nitrogens with one attached hydrogen (secondary N) is 1. The van der Waals surface area contributed by atoms with E-state index in [0.717, 1.165) is 24.6 Å². The van der Waals surface area contributed by atoms with Crippen LogP contribution in [0.4, 0.5) is 0 Å². The second-order valence-corrected chi connectivity index (χ2v) is 6.29. The van der Waals surface area contributed by atoms with Crippen LogP contribution in [0, 0.1) is 0 Å². The Bertz CT molecular complexity index is 446. The Morgan fingerprint density at radius 1 is 1.20 bits per heavy atom. The molecule has 0 bridgehead atoms. The number of rotatable bonds is 8. The molecule has 0 unspecified atom stereocenters. The predicted octanol–water partition coefficient (Wildman–Crippen LogP) is 2.33. The highest BCUT2D eigenvalue weighted by Crippen LogP contribution is 2.14. The van der Waals surface area contributed by atoms with Crippen LogP contribution in [0.1, 0.15) is 25.8 Å². The maximum Gasteiger partial charge on any atom is 0.313 e. The average molecular weight is 295 g/mol. The zero-order valence-electron chi connectivity index (χ0n) is 11.9. The fourth-order valence-electron chi connectivity index (χ4n) is 1.81. The predicted molar refractivity (Wildman–Crippen MR) is 81.9 cm³/mol. The minimum Gasteiger partial charge on any atom is -0.481 e. The number of carbonyl (C=O) groups is 2.